The first-order chi connectivity index (χ1) is 8.60. The lowest BCUT2D eigenvalue weighted by atomic mass is 9.99. The molecule has 0 radical (unpaired) electrons. The summed E-state index contributed by atoms with van der Waals surface area (Å²) in [5.41, 5.74) is 6.16. The predicted octanol–water partition coefficient (Wildman–Crippen LogP) is 0.506. The molecule has 5 heteroatoms. The van der Waals surface area contributed by atoms with Crippen LogP contribution in [0.1, 0.15) is 11.5 Å². The number of aliphatic carboxylic acids is 1. The molecule has 0 saturated carbocycles. The molecule has 3 N–H and O–H groups in total. The van der Waals surface area contributed by atoms with Crippen molar-refractivity contribution in [2.75, 3.05) is 26.7 Å². The van der Waals surface area contributed by atoms with Crippen LogP contribution in [0.5, 0.6) is 5.75 Å². The van der Waals surface area contributed by atoms with Gasteiger partial charge < -0.3 is 15.6 Å². The summed E-state index contributed by atoms with van der Waals surface area (Å²) in [7, 11) is 2.04. The van der Waals surface area contributed by atoms with Gasteiger partial charge in [0.05, 0.1) is 5.92 Å². The average Bonchev–Trinajstić information content (AvgIpc) is 2.30. The molecule has 1 heterocycles. The van der Waals surface area contributed by atoms with Crippen LogP contribution in [0.4, 0.5) is 0 Å². The van der Waals surface area contributed by atoms with Gasteiger partial charge in [0.2, 0.25) is 0 Å². The number of ether oxygens (including phenoxy) is 1. The lowest BCUT2D eigenvalue weighted by molar-refractivity contribution is -0.138. The van der Waals surface area contributed by atoms with Crippen LogP contribution in [0, 0.1) is 0 Å². The van der Waals surface area contributed by atoms with Crippen molar-refractivity contribution in [3.63, 3.8) is 0 Å². The van der Waals surface area contributed by atoms with Crippen molar-refractivity contribution in [1.29, 1.82) is 0 Å². The van der Waals surface area contributed by atoms with Crippen LogP contribution in [0.3, 0.4) is 0 Å². The van der Waals surface area contributed by atoms with Gasteiger partial charge in [0, 0.05) is 19.6 Å². The molecule has 1 saturated heterocycles. The molecule has 1 atom stereocenters. The topological polar surface area (TPSA) is 75.8 Å². The van der Waals surface area contributed by atoms with E-state index in [-0.39, 0.29) is 12.6 Å². The van der Waals surface area contributed by atoms with Crippen LogP contribution in [-0.4, -0.2) is 48.8 Å². The molecule has 1 fully saturated rings. The molecule has 1 aliphatic heterocycles. The minimum atomic E-state index is -0.896. The highest BCUT2D eigenvalue weighted by Crippen LogP contribution is 2.21. The number of carbonyl (C=O) groups is 1. The molecular formula is C13H18N2O3. The summed E-state index contributed by atoms with van der Waals surface area (Å²) in [5.74, 6) is -0.765. The van der Waals surface area contributed by atoms with Gasteiger partial charge in [0.15, 0.2) is 0 Å². The van der Waals surface area contributed by atoms with Gasteiger partial charge in [0.25, 0.3) is 0 Å². The average molecular weight is 250 g/mol. The highest BCUT2D eigenvalue weighted by Gasteiger charge is 2.25. The van der Waals surface area contributed by atoms with Crippen molar-refractivity contribution >= 4 is 5.97 Å². The van der Waals surface area contributed by atoms with Gasteiger partial charge in [-0.2, -0.15) is 0 Å². The van der Waals surface area contributed by atoms with E-state index in [9.17, 15) is 4.79 Å². The highest BCUT2D eigenvalue weighted by molar-refractivity contribution is 5.76. The van der Waals surface area contributed by atoms with Gasteiger partial charge in [-0.05, 0) is 24.7 Å². The Kier molecular flexibility index (Phi) is 3.84. The van der Waals surface area contributed by atoms with Gasteiger partial charge in [-0.3, -0.25) is 9.69 Å². The van der Waals surface area contributed by atoms with Crippen LogP contribution < -0.4 is 10.5 Å². The van der Waals surface area contributed by atoms with Gasteiger partial charge in [-0.25, -0.2) is 0 Å². The third-order valence-electron chi connectivity index (χ3n) is 3.15. The van der Waals surface area contributed by atoms with E-state index >= 15 is 0 Å². The van der Waals surface area contributed by atoms with Crippen molar-refractivity contribution in [3.8, 4) is 5.75 Å². The highest BCUT2D eigenvalue weighted by atomic mass is 16.5. The maximum Gasteiger partial charge on any atom is 0.312 e. The molecule has 0 bridgehead atoms. The molecule has 0 amide bonds. The zero-order valence-electron chi connectivity index (χ0n) is 10.4. The molecule has 0 aliphatic carbocycles. The van der Waals surface area contributed by atoms with E-state index in [2.05, 4.69) is 4.90 Å². The van der Waals surface area contributed by atoms with Crippen LogP contribution in [0.15, 0.2) is 24.3 Å². The first kappa shape index (κ1) is 12.9. The molecule has 18 heavy (non-hydrogen) atoms. The third kappa shape index (κ3) is 2.80. The fraction of sp³-hybridized carbons (Fsp3) is 0.462. The Bertz CT molecular complexity index is 413. The van der Waals surface area contributed by atoms with E-state index in [1.165, 1.54) is 0 Å². The van der Waals surface area contributed by atoms with Crippen molar-refractivity contribution in [2.45, 2.75) is 12.0 Å². The van der Waals surface area contributed by atoms with Crippen molar-refractivity contribution in [3.05, 3.63) is 29.8 Å². The smallest absolute Gasteiger partial charge is 0.312 e. The van der Waals surface area contributed by atoms with Crippen molar-refractivity contribution in [1.82, 2.24) is 4.90 Å². The molecule has 1 aliphatic rings. The van der Waals surface area contributed by atoms with Crippen LogP contribution in [0.25, 0.3) is 0 Å². The summed E-state index contributed by atoms with van der Waals surface area (Å²) in [5, 5.41) is 9.00. The number of nitrogens with two attached hydrogens (primary N) is 1. The minimum Gasteiger partial charge on any atom is -0.488 e. The Hall–Kier alpha value is -1.59. The largest absolute Gasteiger partial charge is 0.488 e. The van der Waals surface area contributed by atoms with Crippen LogP contribution in [0.2, 0.25) is 0 Å². The van der Waals surface area contributed by atoms with Gasteiger partial charge in [-0.15, -0.1) is 0 Å². The first-order valence-corrected chi connectivity index (χ1v) is 5.98. The van der Waals surface area contributed by atoms with Gasteiger partial charge in [0.1, 0.15) is 11.9 Å². The standard InChI is InChI=1S/C13H18N2O3/c1-15-7-11(8-15)18-10-4-2-9(3-5-10)12(6-14)13(16)17/h2-5,11-12H,6-8,14H2,1H3,(H,16,17). The quantitative estimate of drug-likeness (QED) is 0.796. The summed E-state index contributed by atoms with van der Waals surface area (Å²) < 4.78 is 5.73. The molecule has 1 aromatic carbocycles. The van der Waals surface area contributed by atoms with Gasteiger partial charge in [-0.1, -0.05) is 12.1 Å². The predicted molar refractivity (Wildman–Crippen MR) is 67.8 cm³/mol. The van der Waals surface area contributed by atoms with E-state index in [0.29, 0.717) is 5.56 Å². The number of rotatable bonds is 5. The third-order valence-corrected chi connectivity index (χ3v) is 3.15. The number of hydrogen-bond acceptors (Lipinski definition) is 4. The van der Waals surface area contributed by atoms with Crippen LogP contribution >= 0.6 is 0 Å². The number of carboxylic acids is 1. The second-order valence-electron chi connectivity index (χ2n) is 4.66. The Morgan fingerprint density at radius 1 is 1.50 bits per heavy atom. The minimum absolute atomic E-state index is 0.100. The molecule has 2 rings (SSSR count). The number of likely N-dealkylation sites (tertiary alicyclic amines) is 1. The Balaban J connectivity index is 1.98. The summed E-state index contributed by atoms with van der Waals surface area (Å²) in [6.07, 6.45) is 0.241. The lowest BCUT2D eigenvalue weighted by Crippen LogP contribution is -2.51. The van der Waals surface area contributed by atoms with E-state index < -0.39 is 11.9 Å². The Morgan fingerprint density at radius 3 is 2.56 bits per heavy atom. The Morgan fingerprint density at radius 2 is 2.11 bits per heavy atom. The van der Waals surface area contributed by atoms with E-state index in [4.69, 9.17) is 15.6 Å². The maximum atomic E-state index is 11.0. The fourth-order valence-electron chi connectivity index (χ4n) is 2.07. The molecule has 5 nitrogen and oxygen atoms in total. The van der Waals surface area contributed by atoms with E-state index in [1.54, 1.807) is 24.3 Å². The number of carboxylic acid groups (broad SMARTS) is 1. The molecule has 98 valence electrons. The molecule has 0 aromatic heterocycles. The van der Waals surface area contributed by atoms with Crippen molar-refractivity contribution in [2.24, 2.45) is 5.73 Å². The first-order valence-electron chi connectivity index (χ1n) is 5.98. The Labute approximate surface area is 106 Å². The van der Waals surface area contributed by atoms with Crippen LogP contribution in [-0.2, 0) is 4.79 Å². The summed E-state index contributed by atoms with van der Waals surface area (Å²) in [4.78, 5) is 13.1. The van der Waals surface area contributed by atoms with E-state index in [0.717, 1.165) is 18.8 Å². The zero-order valence-corrected chi connectivity index (χ0v) is 10.4. The fourth-order valence-corrected chi connectivity index (χ4v) is 2.07. The number of benzene rings is 1. The summed E-state index contributed by atoms with van der Waals surface area (Å²) >= 11 is 0. The zero-order chi connectivity index (χ0) is 13.1. The molecule has 1 aromatic rings. The second-order valence-corrected chi connectivity index (χ2v) is 4.66. The summed E-state index contributed by atoms with van der Waals surface area (Å²) in [6, 6.07) is 7.14. The number of hydrogen-bond donors (Lipinski definition) is 2. The SMILES string of the molecule is CN1CC(Oc2ccc(C(CN)C(=O)O)cc2)C1. The monoisotopic (exact) mass is 250 g/mol. The lowest BCUT2D eigenvalue weighted by Gasteiger charge is -2.36. The second kappa shape index (κ2) is 5.37. The normalized spacial score (nSPS) is 18.1. The van der Waals surface area contributed by atoms with Gasteiger partial charge >= 0.3 is 5.97 Å². The maximum absolute atomic E-state index is 11.0. The molecule has 1 unspecified atom stereocenters. The number of nitrogens with zero attached hydrogens (tertiary/aromatic N) is 1. The molecular weight excluding hydrogens is 232 g/mol. The number of likely N-dealkylation sites (N-methyl/N-ethyl adjacent to an activating group) is 1. The van der Waals surface area contributed by atoms with E-state index in [1.807, 2.05) is 7.05 Å². The molecule has 0 spiro atoms. The summed E-state index contributed by atoms with van der Waals surface area (Å²) in [6.45, 7) is 1.97. The van der Waals surface area contributed by atoms with Crippen molar-refractivity contribution < 1.29 is 14.6 Å².